The molecule has 3 rings (SSSR count). The number of carboxylic acids is 1. The molecule has 0 radical (unpaired) electrons. The van der Waals surface area contributed by atoms with Crippen LogP contribution in [0, 0.1) is 0 Å². The summed E-state index contributed by atoms with van der Waals surface area (Å²) in [4.78, 5) is 10.8. The third-order valence-electron chi connectivity index (χ3n) is 3.96. The first-order chi connectivity index (χ1) is 14.8. The van der Waals surface area contributed by atoms with Crippen LogP contribution >= 0.6 is 0 Å². The van der Waals surface area contributed by atoms with Crippen molar-refractivity contribution >= 4 is 33.3 Å². The average Bonchev–Trinajstić information content (AvgIpc) is 2.75. The monoisotopic (exact) mass is 480 g/mol. The summed E-state index contributed by atoms with van der Waals surface area (Å²) in [5.41, 5.74) is 2.85. The zero-order valence-electron chi connectivity index (χ0n) is 17.2. The molecule has 0 heterocycles. The molecule has 13 heteroatoms. The Hall–Kier alpha value is -3.13. The first-order valence-electron chi connectivity index (χ1n) is 8.68. The molecular formula is C20H17N4NaO7S. The standard InChI is InChI=1S/C20H16N4O6S.Na.H2O/c25-18-11-10-14(31(28,29)30)12-17(18)22-24-19(13-6-2-1-3-7-13)23-21-16-9-5-4-8-15(16)20(26)27;;/h1-12,22,25H,(H,26,27)(H,28,29,30);;1H2/q;+1;/p-1/b23-21?,24-19+;;. The number of aromatic hydroxyl groups is 1. The van der Waals surface area contributed by atoms with Gasteiger partial charge in [-0.2, -0.15) is 5.10 Å². The molecule has 0 saturated carbocycles. The number of nitrogens with zero attached hydrogens (tertiary/aromatic N) is 3. The molecule has 5 N–H and O–H groups in total. The predicted octanol–water partition coefficient (Wildman–Crippen LogP) is -0.269. The number of phenols is 1. The van der Waals surface area contributed by atoms with Gasteiger partial charge in [0.25, 0.3) is 0 Å². The van der Waals surface area contributed by atoms with Gasteiger partial charge in [0, 0.05) is 5.56 Å². The minimum atomic E-state index is -4.74. The van der Waals surface area contributed by atoms with Crippen LogP contribution in [0.25, 0.3) is 0 Å². The van der Waals surface area contributed by atoms with Gasteiger partial charge in [-0.3, -0.25) is 5.43 Å². The number of hydrogen-bond acceptors (Lipinski definition) is 8. The summed E-state index contributed by atoms with van der Waals surface area (Å²) >= 11 is 0. The van der Waals surface area contributed by atoms with Crippen molar-refractivity contribution in [2.45, 2.75) is 4.90 Å². The largest absolute Gasteiger partial charge is 1.00 e. The van der Waals surface area contributed by atoms with Crippen LogP contribution in [0.15, 0.2) is 93.0 Å². The molecule has 0 amide bonds. The number of hydrogen-bond donors (Lipinski definition) is 3. The number of hydrazone groups is 1. The van der Waals surface area contributed by atoms with Crippen LogP contribution in [0.3, 0.4) is 0 Å². The van der Waals surface area contributed by atoms with E-state index in [4.69, 9.17) is 0 Å². The number of carboxylic acid groups (broad SMARTS) is 1. The molecule has 166 valence electrons. The molecule has 0 aliphatic rings. The van der Waals surface area contributed by atoms with Gasteiger partial charge in [0.15, 0.2) is 0 Å². The SMILES string of the molecule is O.O=C(O)c1ccccc1N=N/C(=N/Nc1cc(S(=O)(=O)[O-])ccc1O)c1ccccc1.[Na+]. The van der Waals surface area contributed by atoms with Gasteiger partial charge in [-0.25, -0.2) is 13.2 Å². The second kappa shape index (κ2) is 12.2. The maximum Gasteiger partial charge on any atom is 1.00 e. The summed E-state index contributed by atoms with van der Waals surface area (Å²) < 4.78 is 33.7. The van der Waals surface area contributed by atoms with Gasteiger partial charge in [-0.15, -0.1) is 10.2 Å². The summed E-state index contributed by atoms with van der Waals surface area (Å²) in [6.45, 7) is 0. The average molecular weight is 480 g/mol. The molecule has 0 spiro atoms. The van der Waals surface area contributed by atoms with Gasteiger partial charge in [0.1, 0.15) is 21.6 Å². The normalized spacial score (nSPS) is 11.4. The predicted molar refractivity (Wildman–Crippen MR) is 114 cm³/mol. The van der Waals surface area contributed by atoms with Crippen molar-refractivity contribution in [2.75, 3.05) is 5.43 Å². The Kier molecular flexibility index (Phi) is 10.3. The molecule has 0 unspecified atom stereocenters. The molecule has 3 aromatic carbocycles. The molecule has 11 nitrogen and oxygen atoms in total. The number of nitrogens with one attached hydrogen (secondary N) is 1. The Morgan fingerprint density at radius 1 is 0.970 bits per heavy atom. The minimum Gasteiger partial charge on any atom is -0.744 e. The van der Waals surface area contributed by atoms with Gasteiger partial charge in [0.2, 0.25) is 5.84 Å². The van der Waals surface area contributed by atoms with Crippen molar-refractivity contribution in [3.8, 4) is 5.75 Å². The molecule has 0 fully saturated rings. The van der Waals surface area contributed by atoms with Crippen LogP contribution in [0.4, 0.5) is 11.4 Å². The maximum atomic E-state index is 11.4. The summed E-state index contributed by atoms with van der Waals surface area (Å²) in [7, 11) is -4.74. The van der Waals surface area contributed by atoms with Gasteiger partial charge >= 0.3 is 35.5 Å². The van der Waals surface area contributed by atoms with Gasteiger partial charge in [0.05, 0.1) is 16.1 Å². The molecule has 0 aromatic heterocycles. The number of rotatable bonds is 6. The number of amidine groups is 1. The zero-order chi connectivity index (χ0) is 22.4. The Morgan fingerprint density at radius 3 is 2.24 bits per heavy atom. The van der Waals surface area contributed by atoms with Crippen LogP contribution in [-0.4, -0.2) is 40.5 Å². The van der Waals surface area contributed by atoms with Crippen LogP contribution in [0.5, 0.6) is 5.75 Å². The number of anilines is 1. The third-order valence-corrected chi connectivity index (χ3v) is 4.79. The van der Waals surface area contributed by atoms with E-state index in [1.54, 1.807) is 42.5 Å². The van der Waals surface area contributed by atoms with Crippen LogP contribution < -0.4 is 35.0 Å². The van der Waals surface area contributed by atoms with E-state index in [9.17, 15) is 28.0 Å². The van der Waals surface area contributed by atoms with Crippen molar-refractivity contribution in [2.24, 2.45) is 15.3 Å². The fourth-order valence-electron chi connectivity index (χ4n) is 2.45. The fourth-order valence-corrected chi connectivity index (χ4v) is 2.95. The molecule has 3 aromatic rings. The van der Waals surface area contributed by atoms with E-state index in [0.29, 0.717) is 5.56 Å². The molecule has 0 aliphatic heterocycles. The van der Waals surface area contributed by atoms with Crippen LogP contribution in [-0.2, 0) is 10.1 Å². The van der Waals surface area contributed by atoms with Crippen LogP contribution in [0.2, 0.25) is 0 Å². The van der Waals surface area contributed by atoms with Crippen molar-refractivity contribution < 1.29 is 63.0 Å². The quantitative estimate of drug-likeness (QED) is 0.0821. The summed E-state index contributed by atoms with van der Waals surface area (Å²) in [6.07, 6.45) is 0. The van der Waals surface area contributed by atoms with Crippen molar-refractivity contribution in [3.05, 3.63) is 83.9 Å². The zero-order valence-corrected chi connectivity index (χ0v) is 20.0. The Labute approximate surface area is 210 Å². The van der Waals surface area contributed by atoms with E-state index >= 15 is 0 Å². The molecular weight excluding hydrogens is 463 g/mol. The number of phenolic OH excluding ortho intramolecular Hbond substituents is 1. The van der Waals surface area contributed by atoms with Crippen LogP contribution in [0.1, 0.15) is 15.9 Å². The molecule has 0 aliphatic carbocycles. The van der Waals surface area contributed by atoms with E-state index in [2.05, 4.69) is 20.8 Å². The number of carbonyl (C=O) groups is 1. The van der Waals surface area contributed by atoms with Crippen molar-refractivity contribution in [1.82, 2.24) is 0 Å². The molecule has 0 saturated heterocycles. The third kappa shape index (κ3) is 7.46. The second-order valence-corrected chi connectivity index (χ2v) is 7.45. The molecule has 0 bridgehead atoms. The van der Waals surface area contributed by atoms with E-state index in [1.807, 2.05) is 0 Å². The first-order valence-corrected chi connectivity index (χ1v) is 10.1. The first kappa shape index (κ1) is 27.9. The van der Waals surface area contributed by atoms with Gasteiger partial charge in [-0.1, -0.05) is 42.5 Å². The summed E-state index contributed by atoms with van der Waals surface area (Å²) in [5, 5.41) is 31.2. The maximum absolute atomic E-state index is 11.4. The number of azo groups is 1. The van der Waals surface area contributed by atoms with Gasteiger partial charge < -0.3 is 20.2 Å². The Balaban J connectivity index is 0.00000272. The van der Waals surface area contributed by atoms with Gasteiger partial charge in [-0.05, 0) is 30.3 Å². The van der Waals surface area contributed by atoms with E-state index in [1.165, 1.54) is 12.1 Å². The van der Waals surface area contributed by atoms with E-state index in [-0.39, 0.29) is 63.6 Å². The second-order valence-electron chi connectivity index (χ2n) is 6.07. The molecule has 0 atom stereocenters. The van der Waals surface area contributed by atoms with E-state index in [0.717, 1.165) is 18.2 Å². The minimum absolute atomic E-state index is 0. The smallest absolute Gasteiger partial charge is 0.744 e. The number of benzene rings is 3. The fraction of sp³-hybridized carbons (Fsp3) is 0. The van der Waals surface area contributed by atoms with E-state index < -0.39 is 21.0 Å². The van der Waals surface area contributed by atoms with Crippen molar-refractivity contribution in [3.63, 3.8) is 0 Å². The van der Waals surface area contributed by atoms with Crippen molar-refractivity contribution in [1.29, 1.82) is 0 Å². The summed E-state index contributed by atoms with van der Waals surface area (Å²) in [5.74, 6) is -1.52. The Bertz CT molecular complexity index is 1280. The topological polar surface area (TPSA) is 195 Å². The summed E-state index contributed by atoms with van der Waals surface area (Å²) in [6, 6.07) is 17.5. The molecule has 33 heavy (non-hydrogen) atoms. The number of aromatic carboxylic acids is 1. The Morgan fingerprint density at radius 2 is 1.61 bits per heavy atom.